The highest BCUT2D eigenvalue weighted by atomic mass is 35.5. The Labute approximate surface area is 168 Å². The Morgan fingerprint density at radius 2 is 2.04 bits per heavy atom. The number of benzene rings is 2. The number of azo groups is 1. The number of aromatic nitrogens is 1. The molecule has 6 nitrogen and oxygen atoms in total. The average Bonchev–Trinajstić information content (AvgIpc) is 2.96. The van der Waals surface area contributed by atoms with E-state index >= 15 is 0 Å². The van der Waals surface area contributed by atoms with Crippen LogP contribution in [0.4, 0.5) is 5.69 Å². The number of amides is 1. The van der Waals surface area contributed by atoms with Gasteiger partial charge in [0.25, 0.3) is 0 Å². The Morgan fingerprint density at radius 3 is 2.79 bits per heavy atom. The predicted octanol–water partition coefficient (Wildman–Crippen LogP) is 5.80. The van der Waals surface area contributed by atoms with Crippen molar-refractivity contribution >= 4 is 34.1 Å². The summed E-state index contributed by atoms with van der Waals surface area (Å²) in [4.78, 5) is 12.1. The largest absolute Gasteiger partial charge is 0.493 e. The first kappa shape index (κ1) is 19.9. The molecule has 0 saturated heterocycles. The number of carbonyl (C=O) groups is 1. The number of nitrogens with zero attached hydrogens (tertiary/aromatic N) is 3. The van der Waals surface area contributed by atoms with Gasteiger partial charge in [0.05, 0.1) is 5.52 Å². The zero-order valence-corrected chi connectivity index (χ0v) is 16.6. The van der Waals surface area contributed by atoms with Gasteiger partial charge in [0.1, 0.15) is 5.75 Å². The molecule has 0 unspecified atom stereocenters. The maximum Gasteiger partial charge on any atom is 0.302 e. The van der Waals surface area contributed by atoms with Crippen molar-refractivity contribution in [1.29, 1.82) is 0 Å². The van der Waals surface area contributed by atoms with Crippen LogP contribution >= 0.6 is 11.6 Å². The van der Waals surface area contributed by atoms with E-state index in [0.717, 1.165) is 29.3 Å². The molecule has 0 atom stereocenters. The van der Waals surface area contributed by atoms with Crippen LogP contribution in [0.1, 0.15) is 25.3 Å². The Bertz CT molecular complexity index is 1030. The number of carbonyl (C=O) groups excluding carboxylic acids is 1. The van der Waals surface area contributed by atoms with E-state index in [-0.39, 0.29) is 12.5 Å². The van der Waals surface area contributed by atoms with Crippen molar-refractivity contribution in [2.75, 3.05) is 6.61 Å². The topological polar surface area (TPSA) is 76.2 Å². The first-order valence-corrected chi connectivity index (χ1v) is 9.52. The molecule has 1 aromatic heterocycles. The van der Waals surface area contributed by atoms with Gasteiger partial charge in [-0.1, -0.05) is 43.1 Å². The molecule has 0 bridgehead atoms. The quantitative estimate of drug-likeness (QED) is 0.510. The van der Waals surface area contributed by atoms with E-state index in [4.69, 9.17) is 16.3 Å². The fraction of sp³-hybridized carbons (Fsp3) is 0.286. The van der Waals surface area contributed by atoms with Crippen molar-refractivity contribution < 1.29 is 14.6 Å². The highest BCUT2D eigenvalue weighted by Gasteiger charge is 2.16. The summed E-state index contributed by atoms with van der Waals surface area (Å²) in [7, 11) is 0. The van der Waals surface area contributed by atoms with Crippen molar-refractivity contribution in [2.24, 2.45) is 10.2 Å². The molecular weight excluding hydrogens is 378 g/mol. The number of rotatable bonds is 7. The molecular formula is C21H22ClN3O3. The van der Waals surface area contributed by atoms with Gasteiger partial charge in [-0.25, -0.2) is 0 Å². The molecule has 0 radical (unpaired) electrons. The van der Waals surface area contributed by atoms with Crippen molar-refractivity contribution in [3.8, 4) is 11.6 Å². The van der Waals surface area contributed by atoms with Gasteiger partial charge in [-0.3, -0.25) is 4.79 Å². The second kappa shape index (κ2) is 8.89. The highest BCUT2D eigenvalue weighted by Crippen LogP contribution is 2.39. The molecule has 3 rings (SSSR count). The number of aromatic hydroxyl groups is 1. The summed E-state index contributed by atoms with van der Waals surface area (Å²) < 4.78 is 7.23. The van der Waals surface area contributed by atoms with E-state index in [1.807, 2.05) is 31.2 Å². The van der Waals surface area contributed by atoms with Crippen LogP contribution in [-0.4, -0.2) is 22.2 Å². The molecule has 3 aromatic rings. The summed E-state index contributed by atoms with van der Waals surface area (Å²) in [5.74, 6) is 0.00213. The molecule has 1 N–H and O–H groups in total. The molecule has 0 saturated carbocycles. The van der Waals surface area contributed by atoms with E-state index in [9.17, 15) is 9.90 Å². The smallest absolute Gasteiger partial charge is 0.302 e. The van der Waals surface area contributed by atoms with E-state index in [1.165, 1.54) is 0 Å². The number of ether oxygens (including phenoxy) is 1. The molecule has 0 aliphatic rings. The van der Waals surface area contributed by atoms with Crippen molar-refractivity contribution in [1.82, 2.24) is 4.57 Å². The van der Waals surface area contributed by atoms with Crippen LogP contribution < -0.4 is 4.74 Å². The zero-order chi connectivity index (χ0) is 20.1. The van der Waals surface area contributed by atoms with Crippen molar-refractivity contribution in [3.05, 3.63) is 53.1 Å². The molecule has 0 aliphatic heterocycles. The van der Waals surface area contributed by atoms with Crippen molar-refractivity contribution in [3.63, 3.8) is 0 Å². The molecule has 146 valence electrons. The van der Waals surface area contributed by atoms with Gasteiger partial charge in [-0.15, -0.1) is 10.2 Å². The summed E-state index contributed by atoms with van der Waals surface area (Å²) in [6.07, 6.45) is 1.93. The van der Waals surface area contributed by atoms with Crippen LogP contribution in [0.5, 0.6) is 11.6 Å². The van der Waals surface area contributed by atoms with Gasteiger partial charge in [0, 0.05) is 17.0 Å². The number of halogens is 1. The minimum absolute atomic E-state index is 0.0143. The number of aryl methyl sites for hydroxylation is 2. The van der Waals surface area contributed by atoms with Crippen LogP contribution in [0.15, 0.2) is 52.7 Å². The fourth-order valence-corrected chi connectivity index (χ4v) is 3.02. The van der Waals surface area contributed by atoms with Crippen LogP contribution in [0.3, 0.4) is 0 Å². The Balaban J connectivity index is 1.76. The van der Waals surface area contributed by atoms with Gasteiger partial charge in [-0.05, 0) is 43.2 Å². The molecule has 1 heterocycles. The number of hydrogen-bond acceptors (Lipinski definition) is 4. The third kappa shape index (κ3) is 4.34. The normalized spacial score (nSPS) is 11.4. The lowest BCUT2D eigenvalue weighted by atomic mass is 10.2. The third-order valence-electron chi connectivity index (χ3n) is 4.41. The van der Waals surface area contributed by atoms with E-state index in [1.54, 1.807) is 22.8 Å². The van der Waals surface area contributed by atoms with Crippen LogP contribution in [0.2, 0.25) is 5.02 Å². The van der Waals surface area contributed by atoms with Gasteiger partial charge >= 0.3 is 5.91 Å². The maximum absolute atomic E-state index is 12.1. The number of para-hydroxylation sites is 1. The van der Waals surface area contributed by atoms with Gasteiger partial charge < -0.3 is 14.4 Å². The molecule has 0 aliphatic carbocycles. The molecule has 0 fully saturated rings. The Hall–Kier alpha value is -2.86. The summed E-state index contributed by atoms with van der Waals surface area (Å²) in [5, 5.41) is 19.7. The summed E-state index contributed by atoms with van der Waals surface area (Å²) in [6, 6.07) is 12.7. The standard InChI is InChI=1S/C21H22ClN3O3/c1-3-4-11-25-18-8-6-5-7-16(18)20(21(25)27)24-23-19(26)13-28-15-9-10-17(22)14(2)12-15/h5-10,12,27H,3-4,11,13H2,1-2H3. The highest BCUT2D eigenvalue weighted by molar-refractivity contribution is 6.31. The first-order valence-electron chi connectivity index (χ1n) is 9.15. The molecule has 0 spiro atoms. The van der Waals surface area contributed by atoms with Gasteiger partial charge in [-0.2, -0.15) is 0 Å². The first-order chi connectivity index (χ1) is 13.5. The summed E-state index contributed by atoms with van der Waals surface area (Å²) >= 11 is 5.98. The zero-order valence-electron chi connectivity index (χ0n) is 15.9. The lowest BCUT2D eigenvalue weighted by Gasteiger charge is -2.05. The second-order valence-electron chi connectivity index (χ2n) is 6.49. The molecule has 28 heavy (non-hydrogen) atoms. The molecule has 2 aromatic carbocycles. The predicted molar refractivity (Wildman–Crippen MR) is 110 cm³/mol. The number of hydrogen-bond donors (Lipinski definition) is 1. The summed E-state index contributed by atoms with van der Waals surface area (Å²) in [6.45, 7) is 4.36. The minimum atomic E-state index is -0.544. The summed E-state index contributed by atoms with van der Waals surface area (Å²) in [5.41, 5.74) is 2.02. The SMILES string of the molecule is CCCCn1c(O)c(N=NC(=O)COc2ccc(Cl)c(C)c2)c2ccccc21. The molecule has 7 heteroatoms. The van der Waals surface area contributed by atoms with E-state index in [2.05, 4.69) is 17.2 Å². The number of fused-ring (bicyclic) bond motifs is 1. The maximum atomic E-state index is 12.1. The fourth-order valence-electron chi connectivity index (χ4n) is 2.90. The minimum Gasteiger partial charge on any atom is -0.493 e. The van der Waals surface area contributed by atoms with Gasteiger partial charge in [0.15, 0.2) is 12.3 Å². The van der Waals surface area contributed by atoms with Crippen LogP contribution in [0, 0.1) is 6.92 Å². The lowest BCUT2D eigenvalue weighted by Crippen LogP contribution is -2.07. The van der Waals surface area contributed by atoms with Crippen LogP contribution in [0.25, 0.3) is 10.9 Å². The van der Waals surface area contributed by atoms with E-state index in [0.29, 0.717) is 23.0 Å². The van der Waals surface area contributed by atoms with Crippen molar-refractivity contribution in [2.45, 2.75) is 33.2 Å². The average molecular weight is 400 g/mol. The van der Waals surface area contributed by atoms with Gasteiger partial charge in [0.2, 0.25) is 5.88 Å². The van der Waals surface area contributed by atoms with E-state index < -0.39 is 5.91 Å². The Kier molecular flexibility index (Phi) is 6.31. The molecule has 1 amide bonds. The monoisotopic (exact) mass is 399 g/mol. The van der Waals surface area contributed by atoms with Crippen LogP contribution in [-0.2, 0) is 11.3 Å². The third-order valence-corrected chi connectivity index (χ3v) is 4.83. The Morgan fingerprint density at radius 1 is 1.25 bits per heavy atom. The lowest BCUT2D eigenvalue weighted by molar-refractivity contribution is -0.120. The number of unbranched alkanes of at least 4 members (excludes halogenated alkanes) is 1. The second-order valence-corrected chi connectivity index (χ2v) is 6.90.